The first-order valence-corrected chi connectivity index (χ1v) is 9.08. The lowest BCUT2D eigenvalue weighted by atomic mass is 9.65. The van der Waals surface area contributed by atoms with Crippen LogP contribution in [0.25, 0.3) is 0 Å². The van der Waals surface area contributed by atoms with Crippen LogP contribution < -0.4 is 0 Å². The number of ether oxygens (including phenoxy) is 1. The first-order chi connectivity index (χ1) is 10.7. The van der Waals surface area contributed by atoms with Crippen LogP contribution in [0, 0.1) is 17.3 Å². The van der Waals surface area contributed by atoms with Gasteiger partial charge in [-0.3, -0.25) is 0 Å². The zero-order chi connectivity index (χ0) is 17.0. The lowest BCUT2D eigenvalue weighted by molar-refractivity contribution is -0.172. The van der Waals surface area contributed by atoms with E-state index < -0.39 is 11.7 Å². The molecule has 0 amide bonds. The zero-order valence-electron chi connectivity index (χ0n) is 15.2. The van der Waals surface area contributed by atoms with Crippen LogP contribution in [0.1, 0.15) is 60.3 Å². The van der Waals surface area contributed by atoms with E-state index in [0.717, 1.165) is 12.8 Å². The molecule has 3 rings (SSSR count). The Morgan fingerprint density at radius 2 is 1.91 bits per heavy atom. The Hall–Kier alpha value is -0.640. The van der Waals surface area contributed by atoms with E-state index in [1.165, 1.54) is 11.1 Å². The lowest BCUT2D eigenvalue weighted by Crippen LogP contribution is -2.53. The largest absolute Gasteiger partial charge is 0.390 e. The molecule has 3 heteroatoms. The molecular weight excluding hydrogens is 288 g/mol. The maximum atomic E-state index is 11.0. The van der Waals surface area contributed by atoms with Crippen LogP contribution >= 0.6 is 0 Å². The van der Waals surface area contributed by atoms with E-state index in [0.29, 0.717) is 24.7 Å². The molecule has 2 aliphatic heterocycles. The normalized spacial score (nSPS) is 47.3. The highest BCUT2D eigenvalue weighted by Crippen LogP contribution is 2.54. The smallest absolute Gasteiger partial charge is 0.114 e. The summed E-state index contributed by atoms with van der Waals surface area (Å²) in [5, 5.41) is 21.9. The second-order valence-electron chi connectivity index (χ2n) is 8.68. The Balaban J connectivity index is 2.03. The molecule has 0 unspecified atom stereocenters. The number of rotatable bonds is 1. The summed E-state index contributed by atoms with van der Waals surface area (Å²) in [6.45, 7) is 10.7. The van der Waals surface area contributed by atoms with E-state index in [1.807, 2.05) is 0 Å². The van der Waals surface area contributed by atoms with Crippen molar-refractivity contribution in [3.05, 3.63) is 23.3 Å². The summed E-state index contributed by atoms with van der Waals surface area (Å²) in [7, 11) is 0. The Morgan fingerprint density at radius 3 is 2.57 bits per heavy atom. The van der Waals surface area contributed by atoms with E-state index in [1.54, 1.807) is 6.92 Å². The van der Waals surface area contributed by atoms with Gasteiger partial charge in [0.2, 0.25) is 0 Å². The van der Waals surface area contributed by atoms with Gasteiger partial charge in [0.15, 0.2) is 0 Å². The molecule has 0 aromatic carbocycles. The molecule has 2 bridgehead atoms. The topological polar surface area (TPSA) is 49.7 Å². The molecule has 1 saturated heterocycles. The number of allylic oxidation sites excluding steroid dienone is 1. The second-order valence-corrected chi connectivity index (χ2v) is 8.68. The van der Waals surface area contributed by atoms with Gasteiger partial charge in [-0.15, -0.1) is 0 Å². The highest BCUT2D eigenvalue weighted by atomic mass is 16.5. The molecular formula is C20H32O3. The molecule has 6 atom stereocenters. The minimum atomic E-state index is -1.21. The molecule has 3 aliphatic rings. The van der Waals surface area contributed by atoms with Gasteiger partial charge in [-0.05, 0) is 62.4 Å². The van der Waals surface area contributed by atoms with Gasteiger partial charge in [0.25, 0.3) is 0 Å². The fourth-order valence-corrected chi connectivity index (χ4v) is 5.00. The van der Waals surface area contributed by atoms with Gasteiger partial charge in [0.1, 0.15) is 5.60 Å². The summed E-state index contributed by atoms with van der Waals surface area (Å²) in [5.74, 6) is 1.08. The monoisotopic (exact) mass is 320 g/mol. The van der Waals surface area contributed by atoms with Crippen LogP contribution in [-0.4, -0.2) is 34.1 Å². The predicted octanol–water partition coefficient (Wildman–Crippen LogP) is 3.60. The van der Waals surface area contributed by atoms with Crippen molar-refractivity contribution in [2.24, 2.45) is 17.3 Å². The van der Waals surface area contributed by atoms with Gasteiger partial charge < -0.3 is 14.9 Å². The molecule has 2 heterocycles. The molecule has 130 valence electrons. The highest BCUT2D eigenvalue weighted by Gasteiger charge is 2.51. The quantitative estimate of drug-likeness (QED) is 0.726. The van der Waals surface area contributed by atoms with Crippen molar-refractivity contribution in [2.75, 3.05) is 0 Å². The second kappa shape index (κ2) is 5.72. The Morgan fingerprint density at radius 1 is 1.22 bits per heavy atom. The SMILES string of the molecule is CC1=CC[C@@H]2O[C@@H]1CC1=CC[C@@H](C(C)C)[C@]1(C)C[C@@H](O)[C@@]2(C)O. The van der Waals surface area contributed by atoms with Crippen molar-refractivity contribution in [1.82, 2.24) is 0 Å². The number of hydrogen-bond donors (Lipinski definition) is 2. The van der Waals surface area contributed by atoms with Crippen molar-refractivity contribution < 1.29 is 14.9 Å². The average molecular weight is 320 g/mol. The average Bonchev–Trinajstić information content (AvgIpc) is 2.77. The Bertz CT molecular complexity index is 531. The highest BCUT2D eigenvalue weighted by molar-refractivity contribution is 5.28. The first kappa shape index (κ1) is 17.2. The maximum Gasteiger partial charge on any atom is 0.114 e. The summed E-state index contributed by atoms with van der Waals surface area (Å²) < 4.78 is 6.23. The summed E-state index contributed by atoms with van der Waals surface area (Å²) in [6.07, 6.45) is 6.73. The fourth-order valence-electron chi connectivity index (χ4n) is 5.00. The maximum absolute atomic E-state index is 11.0. The minimum Gasteiger partial charge on any atom is -0.390 e. The molecule has 23 heavy (non-hydrogen) atoms. The van der Waals surface area contributed by atoms with Crippen molar-refractivity contribution in [2.45, 2.75) is 84.2 Å². The van der Waals surface area contributed by atoms with Crippen LogP contribution in [0.5, 0.6) is 0 Å². The summed E-state index contributed by atoms with van der Waals surface area (Å²) in [4.78, 5) is 0. The zero-order valence-corrected chi connectivity index (χ0v) is 15.2. The summed E-state index contributed by atoms with van der Waals surface area (Å²) in [6, 6.07) is 0. The van der Waals surface area contributed by atoms with Gasteiger partial charge in [0, 0.05) is 0 Å². The molecule has 0 radical (unpaired) electrons. The van der Waals surface area contributed by atoms with Crippen molar-refractivity contribution in [3.63, 3.8) is 0 Å². The predicted molar refractivity (Wildman–Crippen MR) is 92.0 cm³/mol. The van der Waals surface area contributed by atoms with E-state index in [4.69, 9.17) is 4.74 Å². The number of aliphatic hydroxyl groups excluding tert-OH is 1. The minimum absolute atomic E-state index is 0.0296. The van der Waals surface area contributed by atoms with Crippen molar-refractivity contribution in [1.29, 1.82) is 0 Å². The fraction of sp³-hybridized carbons (Fsp3) is 0.800. The van der Waals surface area contributed by atoms with Gasteiger partial charge >= 0.3 is 0 Å². The van der Waals surface area contributed by atoms with Crippen LogP contribution in [0.2, 0.25) is 0 Å². The molecule has 0 spiro atoms. The summed E-state index contributed by atoms with van der Waals surface area (Å²) in [5.41, 5.74) is 1.40. The third-order valence-corrected chi connectivity index (χ3v) is 6.81. The molecule has 0 saturated carbocycles. The van der Waals surface area contributed by atoms with E-state index in [-0.39, 0.29) is 17.6 Å². The van der Waals surface area contributed by atoms with Crippen molar-refractivity contribution >= 4 is 0 Å². The van der Waals surface area contributed by atoms with Crippen molar-refractivity contribution in [3.8, 4) is 0 Å². The Kier molecular flexibility index (Phi) is 4.27. The van der Waals surface area contributed by atoms with Gasteiger partial charge in [0.05, 0.1) is 18.3 Å². The third-order valence-electron chi connectivity index (χ3n) is 6.81. The van der Waals surface area contributed by atoms with Gasteiger partial charge in [-0.1, -0.05) is 38.5 Å². The van der Waals surface area contributed by atoms with E-state index >= 15 is 0 Å². The van der Waals surface area contributed by atoms with Gasteiger partial charge in [-0.25, -0.2) is 0 Å². The van der Waals surface area contributed by atoms with Crippen LogP contribution in [0.15, 0.2) is 23.3 Å². The van der Waals surface area contributed by atoms with Gasteiger partial charge in [-0.2, -0.15) is 0 Å². The Labute approximate surface area is 140 Å². The molecule has 1 aliphatic carbocycles. The van der Waals surface area contributed by atoms with Crippen LogP contribution in [0.3, 0.4) is 0 Å². The first-order valence-electron chi connectivity index (χ1n) is 9.08. The molecule has 1 fully saturated rings. The lowest BCUT2D eigenvalue weighted by Gasteiger charge is -2.42. The van der Waals surface area contributed by atoms with Crippen LogP contribution in [-0.2, 0) is 4.74 Å². The van der Waals surface area contributed by atoms with E-state index in [2.05, 4.69) is 39.8 Å². The standard InChI is InChI=1S/C20H32O3/c1-12(2)15-8-7-14-10-16-13(3)6-9-18(23-16)20(5,22)17(21)11-19(14,15)4/h6-7,12,15-18,21-22H,8-11H2,1-5H3/t15-,16+,17+,18-,19+,20+/m0/s1. The number of fused-ring (bicyclic) bond motifs is 3. The van der Waals surface area contributed by atoms with E-state index in [9.17, 15) is 10.2 Å². The number of hydrogen-bond acceptors (Lipinski definition) is 3. The number of aliphatic hydroxyl groups is 2. The third kappa shape index (κ3) is 2.71. The summed E-state index contributed by atoms with van der Waals surface area (Å²) >= 11 is 0. The van der Waals surface area contributed by atoms with Crippen LogP contribution in [0.4, 0.5) is 0 Å². The molecule has 2 N–H and O–H groups in total. The molecule has 0 aromatic heterocycles. The molecule has 3 nitrogen and oxygen atoms in total. The molecule has 0 aromatic rings.